The van der Waals surface area contributed by atoms with Gasteiger partial charge in [0, 0.05) is 28.7 Å². The van der Waals surface area contributed by atoms with Crippen LogP contribution in [0.5, 0.6) is 0 Å². The van der Waals surface area contributed by atoms with Gasteiger partial charge in [0.1, 0.15) is 16.7 Å². The van der Waals surface area contributed by atoms with Gasteiger partial charge in [-0.1, -0.05) is 41.6 Å². The smallest absolute Gasteiger partial charge is 0.137 e. The van der Waals surface area contributed by atoms with Crippen LogP contribution >= 0.6 is 0 Å². The highest BCUT2D eigenvalue weighted by Gasteiger charge is 2.16. The monoisotopic (exact) mass is 390 g/mol. The van der Waals surface area contributed by atoms with Crippen molar-refractivity contribution in [2.45, 2.75) is 13.0 Å². The van der Waals surface area contributed by atoms with Gasteiger partial charge in [-0.15, -0.1) is 5.10 Å². The van der Waals surface area contributed by atoms with Gasteiger partial charge in [0.2, 0.25) is 0 Å². The Bertz CT molecular complexity index is 1510. The maximum absolute atomic E-state index is 4.59. The second kappa shape index (κ2) is 6.49. The number of nitrogens with zero attached hydrogens (tertiary/aromatic N) is 5. The average molecular weight is 390 g/mol. The molecule has 1 N–H and O–H groups in total. The zero-order valence-corrected chi connectivity index (χ0v) is 16.3. The van der Waals surface area contributed by atoms with Gasteiger partial charge in [-0.25, -0.2) is 9.67 Å². The van der Waals surface area contributed by atoms with Gasteiger partial charge in [0.05, 0.1) is 17.8 Å². The molecule has 144 valence electrons. The summed E-state index contributed by atoms with van der Waals surface area (Å²) in [5.74, 6) is 0. The molecule has 30 heavy (non-hydrogen) atoms. The molecule has 0 saturated carbocycles. The third-order valence-electron chi connectivity index (χ3n) is 5.68. The van der Waals surface area contributed by atoms with Crippen molar-refractivity contribution in [2.75, 3.05) is 0 Å². The molecule has 0 aliphatic carbocycles. The first-order chi connectivity index (χ1) is 14.8. The number of aromatic amines is 1. The first-order valence-electron chi connectivity index (χ1n) is 9.90. The first-order valence-corrected chi connectivity index (χ1v) is 9.90. The van der Waals surface area contributed by atoms with Crippen LogP contribution in [-0.2, 0) is 0 Å². The van der Waals surface area contributed by atoms with E-state index in [-0.39, 0.29) is 6.04 Å². The summed E-state index contributed by atoms with van der Waals surface area (Å²) in [4.78, 5) is 12.3. The second-order valence-electron chi connectivity index (χ2n) is 7.48. The minimum Gasteiger partial charge on any atom is -0.346 e. The van der Waals surface area contributed by atoms with Crippen LogP contribution in [0.15, 0.2) is 79.3 Å². The van der Waals surface area contributed by atoms with Gasteiger partial charge in [-0.2, -0.15) is 0 Å². The third kappa shape index (κ3) is 2.58. The number of H-pyrrole nitrogens is 1. The SMILES string of the molecule is C[C@@H](c1ccccc1)n1nnc2cnc3ccc(-c4cnc5[nH]ccc5c4)cc3c21. The zero-order valence-electron chi connectivity index (χ0n) is 16.3. The molecule has 0 bridgehead atoms. The molecule has 0 unspecified atom stereocenters. The van der Waals surface area contributed by atoms with Crippen molar-refractivity contribution >= 4 is 33.0 Å². The normalized spacial score (nSPS) is 12.7. The molecule has 2 aromatic carbocycles. The lowest BCUT2D eigenvalue weighted by Crippen LogP contribution is -2.08. The molecule has 6 nitrogen and oxygen atoms in total. The number of hydrogen-bond acceptors (Lipinski definition) is 4. The van der Waals surface area contributed by atoms with Crippen molar-refractivity contribution in [1.29, 1.82) is 0 Å². The molecule has 1 atom stereocenters. The maximum Gasteiger partial charge on any atom is 0.137 e. The Morgan fingerprint density at radius 2 is 1.77 bits per heavy atom. The number of rotatable bonds is 3. The van der Waals surface area contributed by atoms with Crippen LogP contribution in [0.25, 0.3) is 44.1 Å². The van der Waals surface area contributed by atoms with Crippen LogP contribution in [0.1, 0.15) is 18.5 Å². The third-order valence-corrected chi connectivity index (χ3v) is 5.68. The van der Waals surface area contributed by atoms with Crippen molar-refractivity contribution in [2.24, 2.45) is 0 Å². The molecule has 6 rings (SSSR count). The molecule has 0 fully saturated rings. The lowest BCUT2D eigenvalue weighted by atomic mass is 10.0. The van der Waals surface area contributed by atoms with E-state index in [1.807, 2.05) is 41.3 Å². The number of aromatic nitrogens is 6. The summed E-state index contributed by atoms with van der Waals surface area (Å²) in [6.07, 6.45) is 5.60. The Kier molecular flexibility index (Phi) is 3.64. The van der Waals surface area contributed by atoms with E-state index in [1.165, 1.54) is 5.56 Å². The Hall–Kier alpha value is -4.06. The van der Waals surface area contributed by atoms with Crippen LogP contribution in [-0.4, -0.2) is 29.9 Å². The summed E-state index contributed by atoms with van der Waals surface area (Å²) in [5.41, 5.74) is 6.94. The van der Waals surface area contributed by atoms with E-state index in [9.17, 15) is 0 Å². The Labute approximate surface area is 172 Å². The van der Waals surface area contributed by atoms with E-state index in [4.69, 9.17) is 0 Å². The molecular weight excluding hydrogens is 372 g/mol. The molecule has 4 heterocycles. The van der Waals surface area contributed by atoms with E-state index in [2.05, 4.69) is 68.6 Å². The highest BCUT2D eigenvalue weighted by atomic mass is 15.4. The van der Waals surface area contributed by atoms with Crippen LogP contribution in [0.4, 0.5) is 0 Å². The minimum atomic E-state index is 0.0586. The van der Waals surface area contributed by atoms with E-state index < -0.39 is 0 Å². The summed E-state index contributed by atoms with van der Waals surface area (Å²) < 4.78 is 1.99. The number of benzene rings is 2. The lowest BCUT2D eigenvalue weighted by molar-refractivity contribution is 0.561. The molecule has 0 aliphatic rings. The quantitative estimate of drug-likeness (QED) is 0.455. The van der Waals surface area contributed by atoms with Crippen LogP contribution in [0.2, 0.25) is 0 Å². The van der Waals surface area contributed by atoms with E-state index >= 15 is 0 Å². The minimum absolute atomic E-state index is 0.0586. The number of fused-ring (bicyclic) bond motifs is 4. The first kappa shape index (κ1) is 16.9. The predicted octanol–water partition coefficient (Wildman–Crippen LogP) is 5.13. The van der Waals surface area contributed by atoms with Crippen LogP contribution in [0, 0.1) is 0 Å². The lowest BCUT2D eigenvalue weighted by Gasteiger charge is -2.14. The van der Waals surface area contributed by atoms with Gasteiger partial charge in [0.25, 0.3) is 0 Å². The fraction of sp³-hybridized carbons (Fsp3) is 0.0833. The van der Waals surface area contributed by atoms with Crippen molar-refractivity contribution in [3.05, 3.63) is 84.8 Å². The topological polar surface area (TPSA) is 72.3 Å². The molecule has 0 spiro atoms. The fourth-order valence-electron chi connectivity index (χ4n) is 4.04. The maximum atomic E-state index is 4.59. The van der Waals surface area contributed by atoms with Gasteiger partial charge >= 0.3 is 0 Å². The van der Waals surface area contributed by atoms with Gasteiger partial charge < -0.3 is 4.98 Å². The molecule has 6 aromatic rings. The molecule has 0 aliphatic heterocycles. The second-order valence-corrected chi connectivity index (χ2v) is 7.48. The van der Waals surface area contributed by atoms with Gasteiger partial charge in [0.15, 0.2) is 0 Å². The molecule has 4 aromatic heterocycles. The molecule has 0 amide bonds. The standard InChI is InChI=1S/C24H18N6/c1-15(16-5-3-2-4-6-16)30-23-20-12-17(7-8-21(20)26-14-22(23)28-29-30)19-11-18-9-10-25-24(18)27-13-19/h2-15H,1H3,(H,25,27)/t15-/m0/s1. The molecule has 0 radical (unpaired) electrons. The molecule has 6 heteroatoms. The van der Waals surface area contributed by atoms with Crippen molar-refractivity contribution < 1.29 is 0 Å². The van der Waals surface area contributed by atoms with Gasteiger partial charge in [-0.3, -0.25) is 4.98 Å². The highest BCUT2D eigenvalue weighted by molar-refractivity contribution is 6.03. The zero-order chi connectivity index (χ0) is 20.1. The summed E-state index contributed by atoms with van der Waals surface area (Å²) >= 11 is 0. The van der Waals surface area contributed by atoms with Crippen molar-refractivity contribution in [3.8, 4) is 11.1 Å². The van der Waals surface area contributed by atoms with Crippen LogP contribution in [0.3, 0.4) is 0 Å². The highest BCUT2D eigenvalue weighted by Crippen LogP contribution is 2.31. The summed E-state index contributed by atoms with van der Waals surface area (Å²) in [6.45, 7) is 2.14. The predicted molar refractivity (Wildman–Crippen MR) is 118 cm³/mol. The van der Waals surface area contributed by atoms with E-state index in [0.29, 0.717) is 0 Å². The Morgan fingerprint density at radius 1 is 0.867 bits per heavy atom. The van der Waals surface area contributed by atoms with E-state index in [0.717, 1.165) is 44.1 Å². The van der Waals surface area contributed by atoms with Gasteiger partial charge in [-0.05, 0) is 42.3 Å². The van der Waals surface area contributed by atoms with Crippen LogP contribution < -0.4 is 0 Å². The largest absolute Gasteiger partial charge is 0.346 e. The number of nitrogens with one attached hydrogen (secondary N) is 1. The Balaban J connectivity index is 1.57. The summed E-state index contributed by atoms with van der Waals surface area (Å²) in [7, 11) is 0. The van der Waals surface area contributed by atoms with Crippen molar-refractivity contribution in [3.63, 3.8) is 0 Å². The fourth-order valence-corrected chi connectivity index (χ4v) is 4.04. The molecule has 0 saturated heterocycles. The van der Waals surface area contributed by atoms with Crippen molar-refractivity contribution in [1.82, 2.24) is 29.9 Å². The Morgan fingerprint density at radius 3 is 2.67 bits per heavy atom. The summed E-state index contributed by atoms with van der Waals surface area (Å²) in [6, 6.07) is 20.9. The molecular formula is C24H18N6. The van der Waals surface area contributed by atoms with E-state index in [1.54, 1.807) is 6.20 Å². The average Bonchev–Trinajstić information content (AvgIpc) is 3.45. The summed E-state index contributed by atoms with van der Waals surface area (Å²) in [5, 5.41) is 11.0. The number of hydrogen-bond donors (Lipinski definition) is 1. The number of pyridine rings is 2.